The Labute approximate surface area is 124 Å². The quantitative estimate of drug-likeness (QED) is 0.742. The zero-order chi connectivity index (χ0) is 14.1. The standard InChI is InChI=1S/C5H8BN3O2.C5H6BrN3/c10-6(11)5-3-7-9(8-5)4-1-2-4;6-5-3-7-9(8-5)4-1-2-4/h3-4,10-11H,1-2H2;3-4H,1-2H2. The third kappa shape index (κ3) is 3.44. The van der Waals surface area contributed by atoms with E-state index in [4.69, 9.17) is 10.0 Å². The van der Waals surface area contributed by atoms with Gasteiger partial charge in [0, 0.05) is 0 Å². The van der Waals surface area contributed by atoms with Crippen molar-refractivity contribution in [1.82, 2.24) is 30.0 Å². The third-order valence-electron chi connectivity index (χ3n) is 3.02. The second-order valence-corrected chi connectivity index (χ2v) is 5.73. The average molecular weight is 341 g/mol. The minimum atomic E-state index is -1.50. The van der Waals surface area contributed by atoms with Crippen LogP contribution in [0.15, 0.2) is 17.0 Å². The molecule has 2 fully saturated rings. The van der Waals surface area contributed by atoms with Gasteiger partial charge < -0.3 is 10.0 Å². The van der Waals surface area contributed by atoms with E-state index >= 15 is 0 Å². The Kier molecular flexibility index (Phi) is 3.86. The zero-order valence-electron chi connectivity index (χ0n) is 10.7. The van der Waals surface area contributed by atoms with Crippen molar-refractivity contribution in [2.75, 3.05) is 0 Å². The van der Waals surface area contributed by atoms with Crippen molar-refractivity contribution >= 4 is 28.6 Å². The van der Waals surface area contributed by atoms with Crippen molar-refractivity contribution in [3.8, 4) is 0 Å². The monoisotopic (exact) mass is 340 g/mol. The summed E-state index contributed by atoms with van der Waals surface area (Å²) in [5, 5.41) is 33.3. The first-order valence-electron chi connectivity index (χ1n) is 6.48. The second-order valence-electron chi connectivity index (χ2n) is 4.91. The molecule has 2 aromatic rings. The topological polar surface area (TPSA) is 102 Å². The van der Waals surface area contributed by atoms with Crippen LogP contribution in [0.2, 0.25) is 0 Å². The number of rotatable bonds is 3. The lowest BCUT2D eigenvalue weighted by Crippen LogP contribution is -2.31. The molecular weight excluding hydrogens is 327 g/mol. The summed E-state index contributed by atoms with van der Waals surface area (Å²) in [5.74, 6) is 0. The van der Waals surface area contributed by atoms with Gasteiger partial charge in [-0.25, -0.2) is 0 Å². The van der Waals surface area contributed by atoms with E-state index in [0.717, 1.165) is 17.4 Å². The predicted octanol–water partition coefficient (Wildman–Crippen LogP) is -0.332. The molecule has 8 nitrogen and oxygen atoms in total. The van der Waals surface area contributed by atoms with Gasteiger partial charge in [-0.1, -0.05) is 0 Å². The highest BCUT2D eigenvalue weighted by Gasteiger charge is 2.27. The molecule has 0 saturated heterocycles. The Bertz CT molecular complexity index is 563. The Morgan fingerprint density at radius 2 is 1.55 bits per heavy atom. The van der Waals surface area contributed by atoms with E-state index in [2.05, 4.69) is 36.3 Å². The van der Waals surface area contributed by atoms with Crippen LogP contribution in [0.25, 0.3) is 0 Å². The third-order valence-corrected chi connectivity index (χ3v) is 3.38. The highest BCUT2D eigenvalue weighted by atomic mass is 79.9. The van der Waals surface area contributed by atoms with Crippen molar-refractivity contribution in [1.29, 1.82) is 0 Å². The molecule has 4 rings (SSSR count). The summed E-state index contributed by atoms with van der Waals surface area (Å²) >= 11 is 3.23. The molecule has 10 heteroatoms. The number of halogens is 1. The van der Waals surface area contributed by atoms with Crippen LogP contribution >= 0.6 is 15.9 Å². The minimum Gasteiger partial charge on any atom is -0.422 e. The summed E-state index contributed by atoms with van der Waals surface area (Å²) in [6, 6.07) is 0.985. The second kappa shape index (κ2) is 5.62. The molecule has 2 aromatic heterocycles. The van der Waals surface area contributed by atoms with Crippen LogP contribution in [-0.4, -0.2) is 47.2 Å². The fourth-order valence-corrected chi connectivity index (χ4v) is 1.88. The largest absolute Gasteiger partial charge is 0.511 e. The number of nitrogens with zero attached hydrogens (tertiary/aromatic N) is 6. The van der Waals surface area contributed by atoms with Gasteiger partial charge in [-0.2, -0.15) is 24.9 Å². The smallest absolute Gasteiger partial charge is 0.422 e. The Hall–Kier alpha value is -1.26. The van der Waals surface area contributed by atoms with Crippen molar-refractivity contribution in [3.05, 3.63) is 17.0 Å². The van der Waals surface area contributed by atoms with Gasteiger partial charge in [0.2, 0.25) is 0 Å². The maximum atomic E-state index is 8.68. The van der Waals surface area contributed by atoms with E-state index in [1.807, 2.05) is 0 Å². The van der Waals surface area contributed by atoms with E-state index in [1.54, 1.807) is 11.0 Å². The average Bonchev–Trinajstić information content (AvgIpc) is 3.35. The Balaban J connectivity index is 0.000000123. The van der Waals surface area contributed by atoms with E-state index in [9.17, 15) is 0 Å². The van der Waals surface area contributed by atoms with Gasteiger partial charge in [0.05, 0.1) is 24.5 Å². The highest BCUT2D eigenvalue weighted by Crippen LogP contribution is 2.33. The van der Waals surface area contributed by atoms with Gasteiger partial charge in [-0.15, -0.1) is 5.10 Å². The molecular formula is C10H14BBrN6O2. The molecule has 2 N–H and O–H groups in total. The van der Waals surface area contributed by atoms with Crippen LogP contribution in [0, 0.1) is 0 Å². The normalized spacial score (nSPS) is 17.6. The number of hydrogen-bond donors (Lipinski definition) is 2. The van der Waals surface area contributed by atoms with Crippen LogP contribution in [0.1, 0.15) is 37.8 Å². The molecule has 0 radical (unpaired) electrons. The first-order valence-corrected chi connectivity index (χ1v) is 7.28. The van der Waals surface area contributed by atoms with Gasteiger partial charge in [0.15, 0.2) is 0 Å². The van der Waals surface area contributed by atoms with Crippen molar-refractivity contribution in [2.45, 2.75) is 37.8 Å². The fourth-order valence-electron chi connectivity index (χ4n) is 1.63. The fraction of sp³-hybridized carbons (Fsp3) is 0.600. The lowest BCUT2D eigenvalue weighted by atomic mass is 9.87. The minimum absolute atomic E-state index is 0.219. The van der Waals surface area contributed by atoms with Crippen molar-refractivity contribution < 1.29 is 10.0 Å². The lowest BCUT2D eigenvalue weighted by molar-refractivity contribution is 0.423. The SMILES string of the molecule is Brc1cnn(C2CC2)n1.OB(O)c1cnn(C2CC2)n1. The zero-order valence-corrected chi connectivity index (χ0v) is 12.3. The summed E-state index contributed by atoms with van der Waals surface area (Å²) in [5.41, 5.74) is 0.219. The van der Waals surface area contributed by atoms with Gasteiger partial charge in [0.1, 0.15) is 10.2 Å². The van der Waals surface area contributed by atoms with Gasteiger partial charge in [0.25, 0.3) is 0 Å². The van der Waals surface area contributed by atoms with E-state index in [0.29, 0.717) is 12.1 Å². The summed E-state index contributed by atoms with van der Waals surface area (Å²) in [6.07, 6.45) is 7.76. The van der Waals surface area contributed by atoms with E-state index in [-0.39, 0.29) is 5.59 Å². The predicted molar refractivity (Wildman–Crippen MR) is 74.1 cm³/mol. The van der Waals surface area contributed by atoms with E-state index in [1.165, 1.54) is 23.8 Å². The van der Waals surface area contributed by atoms with Crippen LogP contribution in [-0.2, 0) is 0 Å². The Morgan fingerprint density at radius 1 is 1.00 bits per heavy atom. The molecule has 0 spiro atoms. The van der Waals surface area contributed by atoms with Crippen LogP contribution < -0.4 is 5.59 Å². The van der Waals surface area contributed by atoms with Crippen molar-refractivity contribution in [3.63, 3.8) is 0 Å². The number of hydrogen-bond acceptors (Lipinski definition) is 6. The maximum absolute atomic E-state index is 8.68. The molecule has 0 aliphatic heterocycles. The lowest BCUT2D eigenvalue weighted by Gasteiger charge is -1.91. The highest BCUT2D eigenvalue weighted by molar-refractivity contribution is 9.10. The summed E-state index contributed by atoms with van der Waals surface area (Å²) in [7, 11) is -1.50. The molecule has 2 saturated carbocycles. The molecule has 106 valence electrons. The molecule has 2 aliphatic carbocycles. The van der Waals surface area contributed by atoms with Crippen LogP contribution in [0.5, 0.6) is 0 Å². The van der Waals surface area contributed by atoms with Gasteiger partial charge in [-0.3, -0.25) is 0 Å². The molecule has 20 heavy (non-hydrogen) atoms. The summed E-state index contributed by atoms with van der Waals surface area (Å²) in [6.45, 7) is 0. The first-order chi connectivity index (χ1) is 9.63. The molecule has 0 aromatic carbocycles. The first kappa shape index (κ1) is 13.7. The van der Waals surface area contributed by atoms with Gasteiger partial charge in [-0.05, 0) is 41.6 Å². The van der Waals surface area contributed by atoms with Gasteiger partial charge >= 0.3 is 7.12 Å². The Morgan fingerprint density at radius 3 is 1.95 bits per heavy atom. The summed E-state index contributed by atoms with van der Waals surface area (Å²) in [4.78, 5) is 3.30. The summed E-state index contributed by atoms with van der Waals surface area (Å²) < 4.78 is 0.828. The molecule has 0 bridgehead atoms. The van der Waals surface area contributed by atoms with E-state index < -0.39 is 7.12 Å². The van der Waals surface area contributed by atoms with Crippen LogP contribution in [0.3, 0.4) is 0 Å². The molecule has 2 heterocycles. The molecule has 0 amide bonds. The van der Waals surface area contributed by atoms with Crippen molar-refractivity contribution in [2.24, 2.45) is 0 Å². The molecule has 2 aliphatic rings. The maximum Gasteiger partial charge on any atom is 0.511 e. The van der Waals surface area contributed by atoms with Crippen LogP contribution in [0.4, 0.5) is 0 Å². The number of aromatic nitrogens is 6. The molecule has 0 atom stereocenters. The molecule has 0 unspecified atom stereocenters.